The van der Waals surface area contributed by atoms with Crippen molar-refractivity contribution < 1.29 is 9.53 Å². The van der Waals surface area contributed by atoms with Gasteiger partial charge in [-0.15, -0.1) is 11.3 Å². The number of carbonyl (C=O) groups excluding carboxylic acids is 1. The highest BCUT2D eigenvalue weighted by molar-refractivity contribution is 7.10. The number of carbonyl (C=O) groups is 1. The fourth-order valence-corrected chi connectivity index (χ4v) is 4.14. The molecule has 3 nitrogen and oxygen atoms in total. The summed E-state index contributed by atoms with van der Waals surface area (Å²) in [5.41, 5.74) is 0. The fraction of sp³-hybridized carbons (Fsp3) is 0.312. The van der Waals surface area contributed by atoms with Crippen LogP contribution in [0, 0.1) is 0 Å². The van der Waals surface area contributed by atoms with Crippen LogP contribution in [0.3, 0.4) is 0 Å². The van der Waals surface area contributed by atoms with Crippen LogP contribution in [0.5, 0.6) is 5.75 Å². The second-order valence-electron chi connectivity index (χ2n) is 5.25. The minimum atomic E-state index is -0.0699. The van der Waals surface area contributed by atoms with Gasteiger partial charge in [0.05, 0.1) is 21.1 Å². The molecule has 23 heavy (non-hydrogen) atoms. The Kier molecular flexibility index (Phi) is 5.37. The summed E-state index contributed by atoms with van der Waals surface area (Å²) in [6.45, 7) is 0.680. The molecule has 0 radical (unpaired) electrons. The monoisotopic (exact) mass is 389 g/mol. The van der Waals surface area contributed by atoms with Gasteiger partial charge >= 0.3 is 0 Å². The summed E-state index contributed by atoms with van der Waals surface area (Å²) in [5, 5.41) is 3.06. The molecule has 1 saturated heterocycles. The van der Waals surface area contributed by atoms with Crippen molar-refractivity contribution in [3.63, 3.8) is 0 Å². The average Bonchev–Trinajstić information content (AvgIpc) is 3.19. The zero-order chi connectivity index (χ0) is 16.4. The number of nitrogens with zero attached hydrogens (tertiary/aromatic N) is 1. The molecule has 3 rings (SSSR count). The first-order valence-electron chi connectivity index (χ1n) is 7.16. The van der Waals surface area contributed by atoms with E-state index < -0.39 is 0 Å². The number of hydrogen-bond donors (Lipinski definition) is 0. The molecule has 122 valence electrons. The summed E-state index contributed by atoms with van der Waals surface area (Å²) in [4.78, 5) is 15.6. The molecule has 7 heteroatoms. The van der Waals surface area contributed by atoms with E-state index in [1.807, 2.05) is 16.3 Å². The quantitative estimate of drug-likeness (QED) is 0.650. The average molecular weight is 391 g/mol. The van der Waals surface area contributed by atoms with E-state index >= 15 is 0 Å². The van der Waals surface area contributed by atoms with Crippen LogP contribution in [0.15, 0.2) is 29.6 Å². The molecule has 0 bridgehead atoms. The molecule has 0 spiro atoms. The molecule has 0 N–H and O–H groups in total. The minimum Gasteiger partial charge on any atom is -0.482 e. The third-order valence-corrected chi connectivity index (χ3v) is 5.76. The highest BCUT2D eigenvalue weighted by Gasteiger charge is 2.30. The molecule has 0 saturated carbocycles. The van der Waals surface area contributed by atoms with Gasteiger partial charge in [0.25, 0.3) is 5.91 Å². The van der Waals surface area contributed by atoms with Gasteiger partial charge in [0, 0.05) is 17.5 Å². The van der Waals surface area contributed by atoms with Crippen molar-refractivity contribution in [3.05, 3.63) is 49.6 Å². The third-order valence-electron chi connectivity index (χ3n) is 3.77. The number of ether oxygens (including phenoxy) is 1. The van der Waals surface area contributed by atoms with Gasteiger partial charge in [-0.25, -0.2) is 0 Å². The fourth-order valence-electron chi connectivity index (χ4n) is 2.68. The van der Waals surface area contributed by atoms with Crippen molar-refractivity contribution in [1.82, 2.24) is 4.90 Å². The molecular formula is C16H14Cl3NO2S. The van der Waals surface area contributed by atoms with Crippen molar-refractivity contribution in [2.24, 2.45) is 0 Å². The Hall–Kier alpha value is -0.940. The molecule has 1 amide bonds. The molecule has 2 heterocycles. The Bertz CT molecular complexity index is 706. The predicted octanol–water partition coefficient (Wildman–Crippen LogP) is 5.45. The summed E-state index contributed by atoms with van der Waals surface area (Å²) in [5.74, 6) is 0.310. The van der Waals surface area contributed by atoms with E-state index in [2.05, 4.69) is 6.07 Å². The lowest BCUT2D eigenvalue weighted by molar-refractivity contribution is -0.134. The van der Waals surface area contributed by atoms with Crippen LogP contribution in [-0.4, -0.2) is 24.0 Å². The number of hydrogen-bond acceptors (Lipinski definition) is 3. The summed E-state index contributed by atoms with van der Waals surface area (Å²) >= 11 is 19.6. The van der Waals surface area contributed by atoms with E-state index in [9.17, 15) is 4.79 Å². The lowest BCUT2D eigenvalue weighted by Gasteiger charge is -2.24. The first-order valence-corrected chi connectivity index (χ1v) is 9.18. The van der Waals surface area contributed by atoms with Crippen LogP contribution in [0.1, 0.15) is 23.8 Å². The second kappa shape index (κ2) is 7.31. The molecule has 0 unspecified atom stereocenters. The predicted molar refractivity (Wildman–Crippen MR) is 95.0 cm³/mol. The number of rotatable bonds is 4. The second-order valence-corrected chi connectivity index (χ2v) is 7.45. The topological polar surface area (TPSA) is 29.5 Å². The Morgan fingerprint density at radius 2 is 2.04 bits per heavy atom. The SMILES string of the molecule is O=C(COc1cc(Cl)c(Cl)cc1Cl)N1CCC[C@@H]1c1cccs1. The smallest absolute Gasteiger partial charge is 0.261 e. The molecule has 1 aromatic carbocycles. The molecule has 0 aliphatic carbocycles. The zero-order valence-corrected chi connectivity index (χ0v) is 15.2. The third kappa shape index (κ3) is 3.77. The van der Waals surface area contributed by atoms with Crippen molar-refractivity contribution in [2.45, 2.75) is 18.9 Å². The van der Waals surface area contributed by atoms with Gasteiger partial charge in [-0.05, 0) is 30.4 Å². The van der Waals surface area contributed by atoms with Crippen LogP contribution in [-0.2, 0) is 4.79 Å². The molecule has 1 atom stereocenters. The van der Waals surface area contributed by atoms with Crippen LogP contribution < -0.4 is 4.74 Å². The number of amides is 1. The standard InChI is InChI=1S/C16H14Cl3NO2S/c17-10-7-12(19)14(8-11(10)18)22-9-16(21)20-5-1-3-13(20)15-4-2-6-23-15/h2,4,6-8,13H,1,3,5,9H2/t13-/m1/s1. The Morgan fingerprint density at radius 1 is 1.26 bits per heavy atom. The highest BCUT2D eigenvalue weighted by Crippen LogP contribution is 2.36. The van der Waals surface area contributed by atoms with Gasteiger partial charge in [-0.2, -0.15) is 0 Å². The van der Waals surface area contributed by atoms with E-state index in [-0.39, 0.29) is 18.6 Å². The van der Waals surface area contributed by atoms with Crippen molar-refractivity contribution >= 4 is 52.0 Å². The van der Waals surface area contributed by atoms with E-state index in [1.54, 1.807) is 11.3 Å². The number of thiophene rings is 1. The number of halogens is 3. The Morgan fingerprint density at radius 3 is 2.78 bits per heavy atom. The maximum atomic E-state index is 12.5. The molecule has 2 aromatic rings. The van der Waals surface area contributed by atoms with Crippen molar-refractivity contribution in [2.75, 3.05) is 13.2 Å². The maximum Gasteiger partial charge on any atom is 0.261 e. The summed E-state index contributed by atoms with van der Waals surface area (Å²) in [7, 11) is 0. The Labute approximate surface area is 153 Å². The van der Waals surface area contributed by atoms with E-state index in [4.69, 9.17) is 39.5 Å². The van der Waals surface area contributed by atoms with E-state index in [0.717, 1.165) is 19.4 Å². The molecule has 1 aliphatic rings. The molecular weight excluding hydrogens is 377 g/mol. The van der Waals surface area contributed by atoms with Gasteiger partial charge in [-0.1, -0.05) is 40.9 Å². The Balaban J connectivity index is 1.66. The summed E-state index contributed by atoms with van der Waals surface area (Å²) in [6, 6.07) is 7.26. The highest BCUT2D eigenvalue weighted by atomic mass is 35.5. The number of likely N-dealkylation sites (tertiary alicyclic amines) is 1. The van der Waals surface area contributed by atoms with Gasteiger partial charge in [0.15, 0.2) is 6.61 Å². The van der Waals surface area contributed by atoms with Gasteiger partial charge in [0.2, 0.25) is 0 Å². The van der Waals surface area contributed by atoms with Gasteiger partial charge in [-0.3, -0.25) is 4.79 Å². The normalized spacial score (nSPS) is 17.5. The first kappa shape index (κ1) is 16.9. The van der Waals surface area contributed by atoms with Gasteiger partial charge < -0.3 is 9.64 Å². The lowest BCUT2D eigenvalue weighted by Crippen LogP contribution is -2.34. The maximum absolute atomic E-state index is 12.5. The lowest BCUT2D eigenvalue weighted by atomic mass is 10.2. The van der Waals surface area contributed by atoms with E-state index in [1.165, 1.54) is 17.0 Å². The van der Waals surface area contributed by atoms with Gasteiger partial charge in [0.1, 0.15) is 5.75 Å². The van der Waals surface area contributed by atoms with Crippen LogP contribution in [0.2, 0.25) is 15.1 Å². The minimum absolute atomic E-state index is 0.0527. The van der Waals surface area contributed by atoms with E-state index in [0.29, 0.717) is 20.8 Å². The van der Waals surface area contributed by atoms with Crippen LogP contribution in [0.25, 0.3) is 0 Å². The summed E-state index contributed by atoms with van der Waals surface area (Å²) in [6.07, 6.45) is 1.99. The summed E-state index contributed by atoms with van der Waals surface area (Å²) < 4.78 is 5.55. The zero-order valence-electron chi connectivity index (χ0n) is 12.1. The van der Waals surface area contributed by atoms with Crippen LogP contribution in [0.4, 0.5) is 0 Å². The molecule has 1 aliphatic heterocycles. The van der Waals surface area contributed by atoms with Crippen molar-refractivity contribution in [3.8, 4) is 5.75 Å². The van der Waals surface area contributed by atoms with Crippen LogP contribution >= 0.6 is 46.1 Å². The van der Waals surface area contributed by atoms with Crippen molar-refractivity contribution in [1.29, 1.82) is 0 Å². The molecule has 1 aromatic heterocycles. The number of benzene rings is 1. The molecule has 1 fully saturated rings. The first-order chi connectivity index (χ1) is 11.1. The largest absolute Gasteiger partial charge is 0.482 e.